The first-order valence-corrected chi connectivity index (χ1v) is 20.7. The quantitative estimate of drug-likeness (QED) is 0.726. The van der Waals surface area contributed by atoms with Crippen molar-refractivity contribution in [2.45, 2.75) is 34.5 Å². The molecule has 18 heavy (non-hydrogen) atoms. The number of hydrogen-bond donors (Lipinski definition) is 0. The van der Waals surface area contributed by atoms with Crippen LogP contribution in [0.5, 0.6) is 0 Å². The summed E-state index contributed by atoms with van der Waals surface area (Å²) in [5.41, 5.74) is 0. The normalized spacial score (nSPS) is 13.0. The average Bonchev–Trinajstić information content (AvgIpc) is 2.84. The van der Waals surface area contributed by atoms with Gasteiger partial charge in [0, 0.05) is 0 Å². The van der Waals surface area contributed by atoms with Gasteiger partial charge in [0.15, 0.2) is 0 Å². The zero-order valence-corrected chi connectivity index (χ0v) is 16.8. The van der Waals surface area contributed by atoms with Crippen LogP contribution in [0.15, 0.2) is 28.7 Å². The summed E-state index contributed by atoms with van der Waals surface area (Å²) in [6.07, 6.45) is 0. The number of furan rings is 1. The van der Waals surface area contributed by atoms with Gasteiger partial charge in [-0.25, -0.2) is 0 Å². The Morgan fingerprint density at radius 2 is 1.67 bits per heavy atom. The summed E-state index contributed by atoms with van der Waals surface area (Å²) >= 11 is -0.142. The summed E-state index contributed by atoms with van der Waals surface area (Å²) in [6, 6.07) is 8.85. The first-order chi connectivity index (χ1) is 8.18. The van der Waals surface area contributed by atoms with Crippen LogP contribution in [0.2, 0.25) is 34.5 Å². The molecule has 0 aliphatic carbocycles. The molecule has 0 aliphatic rings. The van der Waals surface area contributed by atoms with Crippen molar-refractivity contribution in [3.8, 4) is 10.6 Å². The van der Waals surface area contributed by atoms with Gasteiger partial charge in [-0.05, 0) is 0 Å². The van der Waals surface area contributed by atoms with Gasteiger partial charge in [0.1, 0.15) is 0 Å². The van der Waals surface area contributed by atoms with Gasteiger partial charge in [-0.3, -0.25) is 0 Å². The molecular weight excluding hydrogens is 363 g/mol. The van der Waals surface area contributed by atoms with Gasteiger partial charge in [0.05, 0.1) is 0 Å². The van der Waals surface area contributed by atoms with E-state index in [1.165, 1.54) is 8.65 Å². The van der Waals surface area contributed by atoms with Gasteiger partial charge in [-0.1, -0.05) is 0 Å². The van der Waals surface area contributed by atoms with Gasteiger partial charge in [-0.2, -0.15) is 0 Å². The molecule has 0 spiro atoms. The maximum absolute atomic E-state index is 6.08. The van der Waals surface area contributed by atoms with E-state index in [1.807, 2.05) is 11.3 Å². The third-order valence-corrected chi connectivity index (χ3v) is 12.6. The molecule has 2 aromatic heterocycles. The molecule has 0 radical (unpaired) electrons. The fraction of sp³-hybridized carbons (Fsp3) is 0.429. The first kappa shape index (κ1) is 14.4. The van der Waals surface area contributed by atoms with E-state index in [-0.39, 0.29) is 0 Å². The van der Waals surface area contributed by atoms with Crippen molar-refractivity contribution in [3.05, 3.63) is 24.3 Å². The van der Waals surface area contributed by atoms with Crippen molar-refractivity contribution in [3.63, 3.8) is 0 Å². The molecular formula is C14H22OSSiSn. The Morgan fingerprint density at radius 1 is 1.00 bits per heavy atom. The molecule has 0 saturated heterocycles. The molecule has 0 aromatic carbocycles. The van der Waals surface area contributed by atoms with E-state index in [2.05, 4.69) is 58.7 Å². The summed E-state index contributed by atoms with van der Waals surface area (Å²) < 4.78 is 8.90. The molecule has 98 valence electrons. The van der Waals surface area contributed by atoms with Gasteiger partial charge >= 0.3 is 120 Å². The molecule has 0 atom stereocenters. The number of thiophene rings is 1. The molecule has 2 heterocycles. The second-order valence-electron chi connectivity index (χ2n) is 6.83. The molecule has 1 nitrogen and oxygen atoms in total. The zero-order valence-electron chi connectivity index (χ0n) is 12.1. The van der Waals surface area contributed by atoms with Crippen LogP contribution in [0.1, 0.15) is 0 Å². The molecule has 0 N–H and O–H groups in total. The maximum atomic E-state index is 6.08. The van der Waals surface area contributed by atoms with Crippen LogP contribution in [0, 0.1) is 0 Å². The summed E-state index contributed by atoms with van der Waals surface area (Å²) in [5.74, 6) is 1.06. The Balaban J connectivity index is 2.33. The molecule has 0 aliphatic heterocycles. The van der Waals surface area contributed by atoms with E-state index in [1.54, 1.807) is 4.50 Å². The van der Waals surface area contributed by atoms with E-state index < -0.39 is 26.5 Å². The van der Waals surface area contributed by atoms with Crippen LogP contribution in [-0.4, -0.2) is 26.5 Å². The standard InChI is InChI=1S/C11H13OSSi.3CH3.Sn/c1-14(2,3)11-7-6-10(13-11)9-5-4-8-12-9;;;;/h4-7H,1-3H3;3*1H3;. The van der Waals surface area contributed by atoms with E-state index in [0.29, 0.717) is 0 Å². The number of hydrogen-bond acceptors (Lipinski definition) is 2. The summed E-state index contributed by atoms with van der Waals surface area (Å²) in [4.78, 5) is 8.45. The molecule has 4 heteroatoms. The Morgan fingerprint density at radius 3 is 2.11 bits per heavy atom. The van der Waals surface area contributed by atoms with E-state index in [9.17, 15) is 0 Å². The Labute approximate surface area is 119 Å². The van der Waals surface area contributed by atoms with Crippen molar-refractivity contribution in [2.24, 2.45) is 0 Å². The first-order valence-electron chi connectivity index (χ1n) is 6.39. The Hall–Kier alpha value is -0.00442. The molecule has 0 fully saturated rings. The van der Waals surface area contributed by atoms with Gasteiger partial charge < -0.3 is 0 Å². The molecule has 0 amide bonds. The second kappa shape index (κ2) is 4.83. The predicted molar refractivity (Wildman–Crippen MR) is 88.0 cm³/mol. The minimum absolute atomic E-state index is 1.06. The van der Waals surface area contributed by atoms with Crippen LogP contribution in [0.4, 0.5) is 0 Å². The second-order valence-corrected chi connectivity index (χ2v) is 27.6. The van der Waals surface area contributed by atoms with E-state index in [0.717, 1.165) is 5.76 Å². The topological polar surface area (TPSA) is 13.1 Å². The molecule has 2 rings (SSSR count). The van der Waals surface area contributed by atoms with Crippen molar-refractivity contribution in [1.82, 2.24) is 0 Å². The van der Waals surface area contributed by atoms with Crippen LogP contribution >= 0.6 is 11.3 Å². The van der Waals surface area contributed by atoms with Crippen molar-refractivity contribution in [2.75, 3.05) is 0 Å². The molecule has 0 unspecified atom stereocenters. The van der Waals surface area contributed by atoms with Crippen LogP contribution in [-0.2, 0) is 0 Å². The minimum atomic E-state index is -2.05. The summed E-state index contributed by atoms with van der Waals surface area (Å²) in [7, 11) is -1.19. The van der Waals surface area contributed by atoms with Gasteiger partial charge in [-0.15, -0.1) is 0 Å². The van der Waals surface area contributed by atoms with Crippen LogP contribution < -0.4 is 8.28 Å². The van der Waals surface area contributed by atoms with Crippen molar-refractivity contribution >= 4 is 46.1 Å². The fourth-order valence-corrected chi connectivity index (χ4v) is 7.46. The van der Waals surface area contributed by atoms with Crippen LogP contribution in [0.25, 0.3) is 10.6 Å². The number of rotatable bonds is 3. The molecule has 2 aromatic rings. The van der Waals surface area contributed by atoms with Gasteiger partial charge in [0.2, 0.25) is 0 Å². The third-order valence-electron chi connectivity index (χ3n) is 2.93. The van der Waals surface area contributed by atoms with Gasteiger partial charge in [0.25, 0.3) is 0 Å². The predicted octanol–water partition coefficient (Wildman–Crippen LogP) is 4.10. The summed E-state index contributed by atoms with van der Waals surface area (Å²) in [6.45, 7) is 7.17. The van der Waals surface area contributed by atoms with Crippen molar-refractivity contribution < 1.29 is 4.42 Å². The SMILES string of the molecule is C[Si](C)(C)c1ccc(-c2cc[c]([Sn]([CH3])([CH3])[CH3])o2)s1. The Kier molecular flexibility index (Phi) is 3.87. The van der Waals surface area contributed by atoms with Crippen molar-refractivity contribution in [1.29, 1.82) is 0 Å². The molecule has 0 bridgehead atoms. The third kappa shape index (κ3) is 3.11. The zero-order chi connectivity index (χ0) is 13.6. The monoisotopic (exact) mass is 386 g/mol. The van der Waals surface area contributed by atoms with E-state index >= 15 is 0 Å². The van der Waals surface area contributed by atoms with E-state index in [4.69, 9.17) is 4.42 Å². The summed E-state index contributed by atoms with van der Waals surface area (Å²) in [5, 5.41) is 0. The van der Waals surface area contributed by atoms with Crippen LogP contribution in [0.3, 0.4) is 0 Å². The molecule has 0 saturated carbocycles. The average molecular weight is 385 g/mol. The Bertz CT molecular complexity index is 492. The fourth-order valence-electron chi connectivity index (χ4n) is 1.75.